The van der Waals surface area contributed by atoms with Crippen LogP contribution in [0.5, 0.6) is 0 Å². The molecule has 0 spiro atoms. The normalized spacial score (nSPS) is 11.4. The molecule has 1 amide bonds. The molecule has 0 atom stereocenters. The number of likely N-dealkylation sites (N-methyl/N-ethyl adjacent to an activating group) is 1. The van der Waals surface area contributed by atoms with Crippen LogP contribution in [-0.2, 0) is 4.79 Å². The monoisotopic (exact) mass is 254 g/mol. The molecule has 94 valence electrons. The third-order valence-electron chi connectivity index (χ3n) is 2.45. The van der Waals surface area contributed by atoms with Crippen LogP contribution in [-0.4, -0.2) is 34.7 Å². The van der Waals surface area contributed by atoms with E-state index in [-0.39, 0.29) is 5.91 Å². The SMILES string of the molecule is CNC(C)(C)C(=O)Nc1cc(C)nc(SC)n1. The average molecular weight is 254 g/mol. The molecule has 1 aromatic heterocycles. The summed E-state index contributed by atoms with van der Waals surface area (Å²) < 4.78 is 0. The van der Waals surface area contributed by atoms with Crippen molar-refractivity contribution in [1.82, 2.24) is 15.3 Å². The van der Waals surface area contributed by atoms with E-state index < -0.39 is 5.54 Å². The number of anilines is 1. The van der Waals surface area contributed by atoms with Crippen LogP contribution in [0, 0.1) is 6.92 Å². The maximum Gasteiger partial charge on any atom is 0.245 e. The zero-order valence-electron chi connectivity index (χ0n) is 10.8. The van der Waals surface area contributed by atoms with Crippen molar-refractivity contribution in [3.8, 4) is 0 Å². The second-order valence-electron chi connectivity index (χ2n) is 4.21. The molecule has 0 fully saturated rings. The second kappa shape index (κ2) is 5.46. The summed E-state index contributed by atoms with van der Waals surface area (Å²) in [7, 11) is 1.75. The molecular formula is C11H18N4OS. The number of amides is 1. The van der Waals surface area contributed by atoms with Gasteiger partial charge in [-0.25, -0.2) is 9.97 Å². The maximum absolute atomic E-state index is 11.9. The molecule has 6 heteroatoms. The van der Waals surface area contributed by atoms with E-state index in [1.165, 1.54) is 11.8 Å². The number of hydrogen-bond donors (Lipinski definition) is 2. The Morgan fingerprint density at radius 3 is 2.59 bits per heavy atom. The van der Waals surface area contributed by atoms with E-state index in [1.54, 1.807) is 13.1 Å². The van der Waals surface area contributed by atoms with Gasteiger partial charge in [-0.2, -0.15) is 0 Å². The van der Waals surface area contributed by atoms with E-state index >= 15 is 0 Å². The van der Waals surface area contributed by atoms with E-state index in [1.807, 2.05) is 27.0 Å². The first kappa shape index (κ1) is 13.9. The van der Waals surface area contributed by atoms with Crippen molar-refractivity contribution in [1.29, 1.82) is 0 Å². The number of carbonyl (C=O) groups is 1. The lowest BCUT2D eigenvalue weighted by Gasteiger charge is -2.22. The van der Waals surface area contributed by atoms with Crippen molar-refractivity contribution in [2.24, 2.45) is 0 Å². The van der Waals surface area contributed by atoms with E-state index in [2.05, 4.69) is 20.6 Å². The fourth-order valence-electron chi connectivity index (χ4n) is 1.08. The first-order valence-electron chi connectivity index (χ1n) is 5.29. The fraction of sp³-hybridized carbons (Fsp3) is 0.545. The van der Waals surface area contributed by atoms with Crippen molar-refractivity contribution < 1.29 is 4.79 Å². The van der Waals surface area contributed by atoms with Crippen LogP contribution in [0.3, 0.4) is 0 Å². The van der Waals surface area contributed by atoms with Gasteiger partial charge in [0.05, 0.1) is 5.54 Å². The zero-order chi connectivity index (χ0) is 13.1. The molecule has 2 N–H and O–H groups in total. The number of hydrogen-bond acceptors (Lipinski definition) is 5. The van der Waals surface area contributed by atoms with Crippen molar-refractivity contribution in [3.05, 3.63) is 11.8 Å². The van der Waals surface area contributed by atoms with E-state index in [4.69, 9.17) is 0 Å². The largest absolute Gasteiger partial charge is 0.309 e. The summed E-state index contributed by atoms with van der Waals surface area (Å²) in [5.41, 5.74) is 0.208. The minimum absolute atomic E-state index is 0.120. The van der Waals surface area contributed by atoms with Crippen LogP contribution >= 0.6 is 11.8 Å². The summed E-state index contributed by atoms with van der Waals surface area (Å²) in [4.78, 5) is 20.4. The Morgan fingerprint density at radius 2 is 2.06 bits per heavy atom. The minimum atomic E-state index is -0.627. The fourth-order valence-corrected chi connectivity index (χ4v) is 1.51. The molecule has 0 unspecified atom stereocenters. The average Bonchev–Trinajstić information content (AvgIpc) is 2.28. The van der Waals surface area contributed by atoms with E-state index in [0.717, 1.165) is 5.69 Å². The maximum atomic E-state index is 11.9. The molecule has 1 heterocycles. The quantitative estimate of drug-likeness (QED) is 0.628. The molecule has 0 aromatic carbocycles. The Labute approximate surface area is 106 Å². The van der Waals surface area contributed by atoms with Crippen LogP contribution in [0.2, 0.25) is 0 Å². The first-order chi connectivity index (χ1) is 7.89. The molecule has 1 rings (SSSR count). The summed E-state index contributed by atoms with van der Waals surface area (Å²) in [6.45, 7) is 5.50. The van der Waals surface area contributed by atoms with Gasteiger partial charge in [0.15, 0.2) is 5.16 Å². The Bertz CT molecular complexity index is 420. The molecule has 17 heavy (non-hydrogen) atoms. The highest BCUT2D eigenvalue weighted by atomic mass is 32.2. The van der Waals surface area contributed by atoms with Gasteiger partial charge in [0.25, 0.3) is 0 Å². The Morgan fingerprint density at radius 1 is 1.41 bits per heavy atom. The van der Waals surface area contributed by atoms with Gasteiger partial charge in [-0.15, -0.1) is 0 Å². The molecule has 0 saturated heterocycles. The number of carbonyl (C=O) groups excluding carboxylic acids is 1. The zero-order valence-corrected chi connectivity index (χ0v) is 11.6. The van der Waals surface area contributed by atoms with Gasteiger partial charge in [-0.3, -0.25) is 4.79 Å². The third-order valence-corrected chi connectivity index (χ3v) is 3.00. The van der Waals surface area contributed by atoms with Gasteiger partial charge in [-0.1, -0.05) is 11.8 Å². The third kappa shape index (κ3) is 3.67. The molecule has 1 aromatic rings. The predicted molar refractivity (Wildman–Crippen MR) is 70.3 cm³/mol. The van der Waals surface area contributed by atoms with Gasteiger partial charge < -0.3 is 10.6 Å². The topological polar surface area (TPSA) is 66.9 Å². The highest BCUT2D eigenvalue weighted by molar-refractivity contribution is 7.98. The van der Waals surface area contributed by atoms with Crippen LogP contribution in [0.1, 0.15) is 19.5 Å². The van der Waals surface area contributed by atoms with Gasteiger partial charge in [0.2, 0.25) is 5.91 Å². The highest BCUT2D eigenvalue weighted by Crippen LogP contribution is 2.15. The highest BCUT2D eigenvalue weighted by Gasteiger charge is 2.25. The molecule has 0 aliphatic heterocycles. The smallest absolute Gasteiger partial charge is 0.245 e. The van der Waals surface area contributed by atoms with Crippen LogP contribution in [0.25, 0.3) is 0 Å². The molecular weight excluding hydrogens is 236 g/mol. The minimum Gasteiger partial charge on any atom is -0.309 e. The van der Waals surface area contributed by atoms with E-state index in [0.29, 0.717) is 11.0 Å². The van der Waals surface area contributed by atoms with Crippen molar-refractivity contribution in [3.63, 3.8) is 0 Å². The van der Waals surface area contributed by atoms with Gasteiger partial charge >= 0.3 is 0 Å². The summed E-state index contributed by atoms with van der Waals surface area (Å²) in [5, 5.41) is 6.38. The lowest BCUT2D eigenvalue weighted by molar-refractivity contribution is -0.121. The van der Waals surface area contributed by atoms with Gasteiger partial charge in [0, 0.05) is 11.8 Å². The van der Waals surface area contributed by atoms with Gasteiger partial charge in [0.1, 0.15) is 5.82 Å². The number of aromatic nitrogens is 2. The Kier molecular flexibility index (Phi) is 4.47. The van der Waals surface area contributed by atoms with Crippen molar-refractivity contribution in [2.45, 2.75) is 31.5 Å². The number of rotatable bonds is 4. The number of nitrogens with zero attached hydrogens (tertiary/aromatic N) is 2. The standard InChI is InChI=1S/C11H18N4OS/c1-7-6-8(15-10(13-7)17-5)14-9(16)11(2,3)12-4/h6,12H,1-5H3,(H,13,14,15,16). The summed E-state index contributed by atoms with van der Waals surface area (Å²) >= 11 is 1.45. The van der Waals surface area contributed by atoms with Gasteiger partial charge in [-0.05, 0) is 34.1 Å². The summed E-state index contributed by atoms with van der Waals surface area (Å²) in [6, 6.07) is 1.75. The number of thioether (sulfide) groups is 1. The molecule has 0 radical (unpaired) electrons. The number of nitrogens with one attached hydrogen (secondary N) is 2. The van der Waals surface area contributed by atoms with Crippen LogP contribution in [0.4, 0.5) is 5.82 Å². The van der Waals surface area contributed by atoms with E-state index in [9.17, 15) is 4.79 Å². The first-order valence-corrected chi connectivity index (χ1v) is 6.51. The second-order valence-corrected chi connectivity index (χ2v) is 4.98. The molecule has 0 bridgehead atoms. The van der Waals surface area contributed by atoms with Crippen molar-refractivity contribution in [2.75, 3.05) is 18.6 Å². The van der Waals surface area contributed by atoms with Crippen LogP contribution < -0.4 is 10.6 Å². The van der Waals surface area contributed by atoms with Crippen molar-refractivity contribution >= 4 is 23.5 Å². The summed E-state index contributed by atoms with van der Waals surface area (Å²) in [5.74, 6) is 0.417. The lowest BCUT2D eigenvalue weighted by Crippen LogP contribution is -2.48. The molecule has 0 aliphatic rings. The Hall–Kier alpha value is -1.14. The Balaban J connectivity index is 2.88. The number of aryl methyl sites for hydroxylation is 1. The predicted octanol–water partition coefficient (Wildman–Crippen LogP) is 1.44. The summed E-state index contributed by atoms with van der Waals surface area (Å²) in [6.07, 6.45) is 1.90. The molecule has 0 saturated carbocycles. The molecule has 0 aliphatic carbocycles. The molecule has 5 nitrogen and oxygen atoms in total. The lowest BCUT2D eigenvalue weighted by atomic mass is 10.1. The van der Waals surface area contributed by atoms with Crippen LogP contribution in [0.15, 0.2) is 11.2 Å².